The molecule has 0 spiro atoms. The monoisotopic (exact) mass is 189 g/mol. The number of carbonyl (C=O) groups excluding carboxylic acids is 2. The van der Waals surface area contributed by atoms with Gasteiger partial charge in [-0.3, -0.25) is 9.59 Å². The Kier molecular flexibility index (Phi) is 2.02. The highest BCUT2D eigenvalue weighted by atomic mass is 16.3. The summed E-state index contributed by atoms with van der Waals surface area (Å²) in [5, 5.41) is 0. The molecule has 2 aromatic rings. The van der Waals surface area contributed by atoms with Crippen molar-refractivity contribution < 1.29 is 18.4 Å². The molecule has 0 aliphatic heterocycles. The van der Waals surface area contributed by atoms with Crippen molar-refractivity contribution in [2.24, 2.45) is 0 Å². The van der Waals surface area contributed by atoms with Gasteiger partial charge in [0.25, 0.3) is 0 Å². The molecule has 0 N–H and O–H groups in total. The summed E-state index contributed by atoms with van der Waals surface area (Å²) in [6, 6.07) is 1.52. The number of aldehydes is 2. The van der Waals surface area contributed by atoms with Crippen molar-refractivity contribution in [2.75, 3.05) is 0 Å². The highest BCUT2D eigenvalue weighted by Gasteiger charge is 2.14. The Morgan fingerprint density at radius 3 is 2.86 bits per heavy atom. The molecule has 0 amide bonds. The Morgan fingerprint density at radius 2 is 2.14 bits per heavy atom. The van der Waals surface area contributed by atoms with Crippen molar-refractivity contribution in [2.45, 2.75) is 0 Å². The molecule has 0 fully saturated rings. The first-order chi connectivity index (χ1) is 6.86. The van der Waals surface area contributed by atoms with Gasteiger partial charge >= 0.3 is 0 Å². The fourth-order valence-electron chi connectivity index (χ4n) is 1.16. The fourth-order valence-corrected chi connectivity index (χ4v) is 1.16. The average Bonchev–Trinajstić information content (AvgIpc) is 2.85. The van der Waals surface area contributed by atoms with Gasteiger partial charge in [-0.25, -0.2) is 0 Å². The predicted molar refractivity (Wildman–Crippen MR) is 46.0 cm³/mol. The van der Waals surface area contributed by atoms with E-state index in [4.69, 9.17) is 8.83 Å². The molecule has 0 aromatic carbocycles. The number of hydrogen-bond acceptors (Lipinski definition) is 4. The quantitative estimate of drug-likeness (QED) is 0.692. The molecule has 0 saturated heterocycles. The molecule has 4 nitrogen and oxygen atoms in total. The molecule has 2 heterocycles. The number of furan rings is 2. The lowest BCUT2D eigenvalue weighted by Crippen LogP contribution is -1.83. The lowest BCUT2D eigenvalue weighted by atomic mass is 10.1. The third-order valence-corrected chi connectivity index (χ3v) is 1.82. The Labute approximate surface area is 79.1 Å². The summed E-state index contributed by atoms with van der Waals surface area (Å²) < 4.78 is 9.80. The second-order valence-electron chi connectivity index (χ2n) is 2.61. The van der Waals surface area contributed by atoms with Gasteiger partial charge in [0.05, 0.1) is 23.0 Å². The molecule has 14 heavy (non-hydrogen) atoms. The van der Waals surface area contributed by atoms with E-state index in [1.54, 1.807) is 0 Å². The maximum Gasteiger partial charge on any atom is 0.181 e. The van der Waals surface area contributed by atoms with Crippen LogP contribution in [-0.4, -0.2) is 12.6 Å². The van der Waals surface area contributed by atoms with Crippen LogP contribution in [0.1, 0.15) is 20.7 Å². The minimum absolute atomic E-state index is 0.239. The zero-order valence-corrected chi connectivity index (χ0v) is 7.02. The summed E-state index contributed by atoms with van der Waals surface area (Å²) >= 11 is 0. The molecular weight excluding hydrogens is 184 g/mol. The second kappa shape index (κ2) is 3.33. The van der Waals surface area contributed by atoms with E-state index < -0.39 is 0 Å². The molecule has 0 bridgehead atoms. The molecule has 0 aliphatic carbocycles. The normalized spacial score (nSPS) is 10.0. The first kappa shape index (κ1) is 8.50. The molecule has 0 saturated carbocycles. The van der Waals surface area contributed by atoms with E-state index in [9.17, 15) is 9.59 Å². The van der Waals surface area contributed by atoms with E-state index >= 15 is 0 Å². The Bertz CT molecular complexity index is 420. The highest BCUT2D eigenvalue weighted by molar-refractivity contribution is 5.91. The van der Waals surface area contributed by atoms with Crippen LogP contribution in [-0.2, 0) is 0 Å². The SMILES string of the molecule is O=Cc1[c]occ1-c1occc1C=O. The topological polar surface area (TPSA) is 60.4 Å². The van der Waals surface area contributed by atoms with E-state index in [0.717, 1.165) is 0 Å². The minimum atomic E-state index is 0.239. The number of hydrogen-bond donors (Lipinski definition) is 0. The average molecular weight is 189 g/mol. The summed E-state index contributed by atoms with van der Waals surface area (Å²) in [5.74, 6) is 0.326. The predicted octanol–water partition coefficient (Wildman–Crippen LogP) is 1.96. The van der Waals surface area contributed by atoms with Crippen molar-refractivity contribution in [3.63, 3.8) is 0 Å². The van der Waals surface area contributed by atoms with Gasteiger partial charge < -0.3 is 8.83 Å². The van der Waals surface area contributed by atoms with Crippen LogP contribution < -0.4 is 0 Å². The Balaban J connectivity index is 2.59. The van der Waals surface area contributed by atoms with Crippen LogP contribution in [0.4, 0.5) is 0 Å². The van der Waals surface area contributed by atoms with Gasteiger partial charge in [0.1, 0.15) is 12.0 Å². The fraction of sp³-hybridized carbons (Fsp3) is 0. The van der Waals surface area contributed by atoms with Crippen LogP contribution in [0.2, 0.25) is 0 Å². The molecule has 4 heteroatoms. The maximum absolute atomic E-state index is 10.6. The van der Waals surface area contributed by atoms with Crippen molar-refractivity contribution in [3.05, 3.63) is 36.0 Å². The van der Waals surface area contributed by atoms with Crippen LogP contribution in [0.25, 0.3) is 11.3 Å². The zero-order chi connectivity index (χ0) is 9.97. The van der Waals surface area contributed by atoms with Crippen molar-refractivity contribution >= 4 is 12.6 Å². The third kappa shape index (κ3) is 1.17. The van der Waals surface area contributed by atoms with Crippen LogP contribution in [0.15, 0.2) is 27.4 Å². The summed E-state index contributed by atoms with van der Waals surface area (Å²) in [5.41, 5.74) is 1.05. The van der Waals surface area contributed by atoms with Crippen molar-refractivity contribution in [3.8, 4) is 11.3 Å². The summed E-state index contributed by atoms with van der Waals surface area (Å²) in [4.78, 5) is 21.2. The molecule has 0 atom stereocenters. The molecule has 69 valence electrons. The van der Waals surface area contributed by atoms with Gasteiger partial charge in [-0.15, -0.1) is 0 Å². The van der Waals surface area contributed by atoms with Crippen molar-refractivity contribution in [1.29, 1.82) is 0 Å². The van der Waals surface area contributed by atoms with Crippen molar-refractivity contribution in [1.82, 2.24) is 0 Å². The van der Waals surface area contributed by atoms with Gasteiger partial charge in [-0.1, -0.05) is 0 Å². The lowest BCUT2D eigenvalue weighted by Gasteiger charge is -1.92. The van der Waals surface area contributed by atoms with E-state index in [1.165, 1.54) is 18.6 Å². The molecule has 0 unspecified atom stereocenters. The standard InChI is InChI=1S/C10H5O4/c11-3-7-1-2-14-10(7)9-6-13-5-8(9)4-12/h1-4,6H. The summed E-state index contributed by atoms with van der Waals surface area (Å²) in [6.45, 7) is 0. The smallest absolute Gasteiger partial charge is 0.181 e. The number of rotatable bonds is 3. The highest BCUT2D eigenvalue weighted by Crippen LogP contribution is 2.26. The first-order valence-corrected chi connectivity index (χ1v) is 3.84. The van der Waals surface area contributed by atoms with Gasteiger partial charge in [0.15, 0.2) is 18.8 Å². The van der Waals surface area contributed by atoms with E-state index in [2.05, 4.69) is 6.26 Å². The minimum Gasteiger partial charge on any atom is -0.463 e. The first-order valence-electron chi connectivity index (χ1n) is 3.84. The Morgan fingerprint density at radius 1 is 1.29 bits per heavy atom. The van der Waals surface area contributed by atoms with Gasteiger partial charge in [0.2, 0.25) is 0 Å². The van der Waals surface area contributed by atoms with Crippen LogP contribution in [0.3, 0.4) is 0 Å². The summed E-state index contributed by atoms with van der Waals surface area (Å²) in [6.07, 6.45) is 6.31. The van der Waals surface area contributed by atoms with E-state index in [-0.39, 0.29) is 5.56 Å². The van der Waals surface area contributed by atoms with Gasteiger partial charge in [-0.05, 0) is 6.07 Å². The van der Waals surface area contributed by atoms with Gasteiger partial charge in [-0.2, -0.15) is 0 Å². The Hall–Kier alpha value is -2.10. The van der Waals surface area contributed by atoms with Crippen LogP contribution in [0, 0.1) is 6.26 Å². The largest absolute Gasteiger partial charge is 0.463 e. The van der Waals surface area contributed by atoms with Crippen LogP contribution >= 0.6 is 0 Å². The zero-order valence-electron chi connectivity index (χ0n) is 7.02. The molecule has 2 aromatic heterocycles. The molecule has 1 radical (unpaired) electrons. The lowest BCUT2D eigenvalue weighted by molar-refractivity contribution is 0.111. The summed E-state index contributed by atoms with van der Waals surface area (Å²) in [7, 11) is 0. The second-order valence-corrected chi connectivity index (χ2v) is 2.61. The van der Waals surface area contributed by atoms with Gasteiger partial charge in [0, 0.05) is 0 Å². The number of carbonyl (C=O) groups is 2. The maximum atomic E-state index is 10.6. The third-order valence-electron chi connectivity index (χ3n) is 1.82. The molecule has 2 rings (SSSR count). The van der Waals surface area contributed by atoms with E-state index in [0.29, 0.717) is 29.5 Å². The van der Waals surface area contributed by atoms with E-state index in [1.807, 2.05) is 0 Å². The molecular formula is C10H5O4. The molecule has 0 aliphatic rings. The van der Waals surface area contributed by atoms with Crippen LogP contribution in [0.5, 0.6) is 0 Å².